The number of halogens is 3. The highest BCUT2D eigenvalue weighted by Crippen LogP contribution is 2.41. The number of nitriles is 1. The lowest BCUT2D eigenvalue weighted by atomic mass is 10.1. The summed E-state index contributed by atoms with van der Waals surface area (Å²) in [6, 6.07) is 5.31. The third kappa shape index (κ3) is 5.04. The minimum absolute atomic E-state index is 0.131. The van der Waals surface area contributed by atoms with Gasteiger partial charge in [-0.3, -0.25) is 0 Å². The monoisotopic (exact) mass is 442 g/mol. The molecule has 0 unspecified atom stereocenters. The second kappa shape index (κ2) is 8.80. The van der Waals surface area contributed by atoms with E-state index in [2.05, 4.69) is 23.4 Å². The first-order valence-electron chi connectivity index (χ1n) is 7.83. The van der Waals surface area contributed by atoms with E-state index < -0.39 is 40.4 Å². The Morgan fingerprint density at radius 1 is 1.17 bits per heavy atom. The van der Waals surface area contributed by atoms with Gasteiger partial charge in [0, 0.05) is 6.54 Å². The van der Waals surface area contributed by atoms with E-state index in [1.807, 2.05) is 0 Å². The number of nitrogens with zero attached hydrogens (tertiary/aromatic N) is 3. The van der Waals surface area contributed by atoms with E-state index in [1.165, 1.54) is 0 Å². The van der Waals surface area contributed by atoms with E-state index in [1.54, 1.807) is 6.07 Å². The summed E-state index contributed by atoms with van der Waals surface area (Å²) < 4.78 is 39.7. The standard InChI is InChI=1S/C17H13F3N4O5S/c18-17(19,20)11-2-8(4-13(25)15(11)27)1-10(6-21)24(30)22-7-9-3-12(23-29)16(28)14(26)5-9/h1-5,22,25-28,30H,7H2/b10-1+. The molecule has 0 atom stereocenters. The maximum absolute atomic E-state index is 13.0. The minimum Gasteiger partial charge on any atom is -0.504 e. The summed E-state index contributed by atoms with van der Waals surface area (Å²) in [6.07, 6.45) is -3.98. The highest BCUT2D eigenvalue weighted by atomic mass is 32.1. The molecule has 2 aromatic carbocycles. The highest BCUT2D eigenvalue weighted by molar-refractivity contribution is 7.77. The van der Waals surface area contributed by atoms with Gasteiger partial charge in [0.2, 0.25) is 0 Å². The molecule has 2 aromatic rings. The number of phenolic OH excluding ortho intramolecular Hbond substituents is 4. The molecule has 0 aromatic heterocycles. The minimum atomic E-state index is -4.94. The molecule has 2 rings (SSSR count). The molecule has 158 valence electrons. The Balaban J connectivity index is 2.27. The van der Waals surface area contributed by atoms with Crippen LogP contribution in [0.5, 0.6) is 23.0 Å². The van der Waals surface area contributed by atoms with Gasteiger partial charge in [-0.1, -0.05) is 0 Å². The fourth-order valence-electron chi connectivity index (χ4n) is 2.32. The van der Waals surface area contributed by atoms with Gasteiger partial charge in [0.1, 0.15) is 17.3 Å². The van der Waals surface area contributed by atoms with Gasteiger partial charge in [0.25, 0.3) is 0 Å². The molecule has 0 fully saturated rings. The van der Waals surface area contributed by atoms with Crippen LogP contribution >= 0.6 is 12.8 Å². The number of hydrogen-bond acceptors (Lipinski definition) is 10. The number of nitroso groups, excluding NO2 is 1. The maximum atomic E-state index is 13.0. The normalized spacial score (nSPS) is 11.8. The molecule has 5 N–H and O–H groups in total. The summed E-state index contributed by atoms with van der Waals surface area (Å²) in [5.41, 5.74) is 0.383. The van der Waals surface area contributed by atoms with Crippen molar-refractivity contribution in [2.24, 2.45) is 5.18 Å². The van der Waals surface area contributed by atoms with Crippen LogP contribution in [0.2, 0.25) is 0 Å². The van der Waals surface area contributed by atoms with Gasteiger partial charge in [-0.15, -0.1) is 4.91 Å². The number of aromatic hydroxyl groups is 4. The van der Waals surface area contributed by atoms with Gasteiger partial charge in [0.15, 0.2) is 28.7 Å². The van der Waals surface area contributed by atoms with Gasteiger partial charge in [-0.25, -0.2) is 9.84 Å². The Kier molecular flexibility index (Phi) is 6.65. The third-order valence-corrected chi connectivity index (χ3v) is 4.08. The van der Waals surface area contributed by atoms with Crippen molar-refractivity contribution in [3.63, 3.8) is 0 Å². The second-order valence-corrected chi connectivity index (χ2v) is 6.20. The molecule has 0 radical (unpaired) electrons. The number of hydrazine groups is 1. The lowest BCUT2D eigenvalue weighted by molar-refractivity contribution is -0.138. The third-order valence-electron chi connectivity index (χ3n) is 3.72. The van der Waals surface area contributed by atoms with E-state index in [0.717, 1.165) is 28.7 Å². The zero-order valence-corrected chi connectivity index (χ0v) is 15.6. The quantitative estimate of drug-likeness (QED) is 0.131. The zero-order chi connectivity index (χ0) is 22.6. The molecule has 0 aliphatic rings. The molecule has 0 bridgehead atoms. The van der Waals surface area contributed by atoms with Gasteiger partial charge in [-0.2, -0.15) is 18.4 Å². The maximum Gasteiger partial charge on any atom is 0.420 e. The van der Waals surface area contributed by atoms with Crippen LogP contribution in [0.25, 0.3) is 6.08 Å². The Bertz CT molecular complexity index is 1050. The average Bonchev–Trinajstić information content (AvgIpc) is 2.68. The fourth-order valence-corrected chi connectivity index (χ4v) is 2.50. The average molecular weight is 442 g/mol. The molecule has 9 nitrogen and oxygen atoms in total. The molecule has 0 saturated heterocycles. The summed E-state index contributed by atoms with van der Waals surface area (Å²) in [6.45, 7) is -0.131. The van der Waals surface area contributed by atoms with Gasteiger partial charge in [0.05, 0.1) is 0 Å². The molecule has 0 spiro atoms. The second-order valence-electron chi connectivity index (χ2n) is 5.80. The lowest BCUT2D eigenvalue weighted by Gasteiger charge is -2.18. The van der Waals surface area contributed by atoms with Crippen molar-refractivity contribution >= 4 is 24.6 Å². The van der Waals surface area contributed by atoms with Crippen molar-refractivity contribution in [3.8, 4) is 29.1 Å². The van der Waals surface area contributed by atoms with Crippen molar-refractivity contribution in [3.05, 3.63) is 51.6 Å². The van der Waals surface area contributed by atoms with Crippen molar-refractivity contribution in [1.29, 1.82) is 5.26 Å². The van der Waals surface area contributed by atoms with Gasteiger partial charge < -0.3 is 20.4 Å². The smallest absolute Gasteiger partial charge is 0.420 e. The predicted molar refractivity (Wildman–Crippen MR) is 101 cm³/mol. The number of rotatable bonds is 6. The van der Waals surface area contributed by atoms with E-state index in [-0.39, 0.29) is 23.4 Å². The van der Waals surface area contributed by atoms with Crippen LogP contribution in [0.4, 0.5) is 18.9 Å². The SMILES string of the molecule is N#C/C(=C\c1cc(O)c(O)c(C(F)(F)F)c1)N(S)NCc1cc(O)c(O)c(N=O)c1. The first-order valence-corrected chi connectivity index (χ1v) is 8.23. The van der Waals surface area contributed by atoms with Crippen LogP contribution in [0.1, 0.15) is 16.7 Å². The van der Waals surface area contributed by atoms with Crippen LogP contribution < -0.4 is 5.43 Å². The summed E-state index contributed by atoms with van der Waals surface area (Å²) in [7, 11) is 0. The van der Waals surface area contributed by atoms with Gasteiger partial charge in [-0.05, 0) is 59.5 Å². The molecule has 13 heteroatoms. The largest absolute Gasteiger partial charge is 0.504 e. The molecule has 0 saturated carbocycles. The van der Waals surface area contributed by atoms with E-state index >= 15 is 0 Å². The molecular formula is C17H13F3N4O5S. The van der Waals surface area contributed by atoms with Crippen LogP contribution in [0, 0.1) is 16.2 Å². The van der Waals surface area contributed by atoms with Crippen LogP contribution in [-0.2, 0) is 12.7 Å². The Morgan fingerprint density at radius 3 is 2.37 bits per heavy atom. The fraction of sp³-hybridized carbons (Fsp3) is 0.118. The van der Waals surface area contributed by atoms with Crippen molar-refractivity contribution in [2.75, 3.05) is 0 Å². The van der Waals surface area contributed by atoms with Gasteiger partial charge >= 0.3 is 6.18 Å². The highest BCUT2D eigenvalue weighted by Gasteiger charge is 2.35. The van der Waals surface area contributed by atoms with E-state index in [4.69, 9.17) is 0 Å². The number of nitrogens with one attached hydrogen (secondary N) is 1. The van der Waals surface area contributed by atoms with E-state index in [9.17, 15) is 43.8 Å². The number of phenols is 4. The topological polar surface area (TPSA) is 149 Å². The molecule has 30 heavy (non-hydrogen) atoms. The number of thiol groups is 1. The first-order chi connectivity index (χ1) is 14.0. The Labute approximate surface area is 172 Å². The molecule has 0 heterocycles. The Morgan fingerprint density at radius 2 is 1.80 bits per heavy atom. The Hall–Kier alpha value is -3.63. The number of benzene rings is 2. The summed E-state index contributed by atoms with van der Waals surface area (Å²) in [4.78, 5) is 10.6. The summed E-state index contributed by atoms with van der Waals surface area (Å²) >= 11 is 3.99. The van der Waals surface area contributed by atoms with Crippen molar-refractivity contribution in [1.82, 2.24) is 9.84 Å². The molecule has 0 aliphatic carbocycles. The predicted octanol–water partition coefficient (Wildman–Crippen LogP) is 3.64. The number of allylic oxidation sites excluding steroid dienone is 1. The van der Waals surface area contributed by atoms with Crippen LogP contribution in [0.15, 0.2) is 35.1 Å². The number of hydrogen-bond donors (Lipinski definition) is 6. The van der Waals surface area contributed by atoms with Crippen molar-refractivity contribution < 1.29 is 33.6 Å². The lowest BCUT2D eigenvalue weighted by Crippen LogP contribution is -2.28. The first kappa shape index (κ1) is 22.7. The van der Waals surface area contributed by atoms with Crippen LogP contribution in [-0.4, -0.2) is 24.8 Å². The molecule has 0 aliphatic heterocycles. The van der Waals surface area contributed by atoms with Crippen LogP contribution in [0.3, 0.4) is 0 Å². The van der Waals surface area contributed by atoms with Crippen molar-refractivity contribution in [2.45, 2.75) is 12.7 Å². The summed E-state index contributed by atoms with van der Waals surface area (Å²) in [5.74, 6) is -3.68. The summed E-state index contributed by atoms with van der Waals surface area (Å²) in [5, 5.41) is 49.7. The molecular weight excluding hydrogens is 429 g/mol. The van der Waals surface area contributed by atoms with E-state index in [0.29, 0.717) is 6.07 Å². The number of alkyl halides is 3. The zero-order valence-electron chi connectivity index (χ0n) is 14.7. The molecule has 0 amide bonds.